The van der Waals surface area contributed by atoms with E-state index < -0.39 is 40.4 Å². The standard InChI is InChI=1S/C35H21F7N4O/c1-20-11-12-43-32(13-20)46-30-8-3-2-5-26(30)27-10-9-24(17-31(27)46)47-25-15-22(36)14-23(16-25)45-19-21(18-44-45)33-28(34(37,38)39)6-4-7-29(33)35(40,41)42/h2-19H,1H3. The first-order valence-corrected chi connectivity index (χ1v) is 14.1. The van der Waals surface area contributed by atoms with Gasteiger partial charge >= 0.3 is 12.4 Å². The predicted octanol–water partition coefficient (Wildman–Crippen LogP) is 10.3. The zero-order valence-electron chi connectivity index (χ0n) is 24.2. The number of fused-ring (bicyclic) bond motifs is 3. The Morgan fingerprint density at radius 2 is 1.43 bits per heavy atom. The molecule has 0 aliphatic rings. The largest absolute Gasteiger partial charge is 0.457 e. The number of alkyl halides is 6. The molecule has 0 spiro atoms. The lowest BCUT2D eigenvalue weighted by molar-refractivity contribution is -0.142. The summed E-state index contributed by atoms with van der Waals surface area (Å²) in [5.41, 5.74) is -1.73. The van der Waals surface area contributed by atoms with E-state index in [1.807, 2.05) is 54.0 Å². The fourth-order valence-electron chi connectivity index (χ4n) is 5.71. The number of aromatic nitrogens is 4. The Bertz CT molecular complexity index is 2270. The first-order valence-electron chi connectivity index (χ1n) is 14.1. The maximum atomic E-state index is 14.9. The molecule has 3 heterocycles. The molecule has 236 valence electrons. The van der Waals surface area contributed by atoms with Gasteiger partial charge in [-0.2, -0.15) is 31.4 Å². The van der Waals surface area contributed by atoms with Gasteiger partial charge in [0.1, 0.15) is 23.1 Å². The van der Waals surface area contributed by atoms with Crippen molar-refractivity contribution in [1.29, 1.82) is 0 Å². The van der Waals surface area contributed by atoms with Gasteiger partial charge in [0.05, 0.1) is 34.0 Å². The molecule has 12 heteroatoms. The Kier molecular flexibility index (Phi) is 7.03. The number of pyridine rings is 1. The van der Waals surface area contributed by atoms with Gasteiger partial charge in [-0.15, -0.1) is 0 Å². The first-order chi connectivity index (χ1) is 22.4. The summed E-state index contributed by atoms with van der Waals surface area (Å²) < 4.78 is 107. The van der Waals surface area contributed by atoms with E-state index in [1.165, 1.54) is 6.07 Å². The molecule has 0 radical (unpaired) electrons. The van der Waals surface area contributed by atoms with Gasteiger partial charge in [-0.25, -0.2) is 14.1 Å². The van der Waals surface area contributed by atoms with Crippen molar-refractivity contribution < 1.29 is 35.5 Å². The number of nitrogens with zero attached hydrogens (tertiary/aromatic N) is 4. The molecular formula is C35H21F7N4O. The Labute approximate surface area is 262 Å². The summed E-state index contributed by atoms with van der Waals surface area (Å²) in [6.07, 6.45) is -6.57. The van der Waals surface area contributed by atoms with Crippen molar-refractivity contribution in [3.8, 4) is 34.1 Å². The second-order valence-corrected chi connectivity index (χ2v) is 10.9. The van der Waals surface area contributed by atoms with Crippen molar-refractivity contribution in [3.05, 3.63) is 132 Å². The summed E-state index contributed by atoms with van der Waals surface area (Å²) in [5, 5.41) is 5.88. The van der Waals surface area contributed by atoms with Crippen LogP contribution in [0.1, 0.15) is 16.7 Å². The highest BCUT2D eigenvalue weighted by Crippen LogP contribution is 2.44. The highest BCUT2D eigenvalue weighted by Gasteiger charge is 2.41. The van der Waals surface area contributed by atoms with Gasteiger partial charge in [-0.05, 0) is 61.0 Å². The number of hydrogen-bond donors (Lipinski definition) is 0. The van der Waals surface area contributed by atoms with Crippen LogP contribution in [0.25, 0.3) is 44.4 Å². The predicted molar refractivity (Wildman–Crippen MR) is 162 cm³/mol. The van der Waals surface area contributed by atoms with Gasteiger partial charge in [-0.3, -0.25) is 4.57 Å². The lowest BCUT2D eigenvalue weighted by Gasteiger charge is -2.17. The summed E-state index contributed by atoms with van der Waals surface area (Å²) in [6, 6.07) is 22.4. The summed E-state index contributed by atoms with van der Waals surface area (Å²) in [7, 11) is 0. The van der Waals surface area contributed by atoms with Crippen LogP contribution in [0, 0.1) is 12.7 Å². The van der Waals surface area contributed by atoms with Crippen LogP contribution in [-0.2, 0) is 12.4 Å². The van der Waals surface area contributed by atoms with Crippen LogP contribution in [0.2, 0.25) is 0 Å². The van der Waals surface area contributed by atoms with Gasteiger partial charge in [0, 0.05) is 52.5 Å². The molecule has 5 nitrogen and oxygen atoms in total. The molecule has 0 saturated carbocycles. The SMILES string of the molecule is Cc1ccnc(-n2c3ccccc3c3ccc(Oc4cc(F)cc(-n5cc(-c6c(C(F)(F)F)cccc6C(F)(F)F)cn5)c4)cc32)c1. The Morgan fingerprint density at radius 1 is 0.702 bits per heavy atom. The van der Waals surface area contributed by atoms with Crippen molar-refractivity contribution in [3.63, 3.8) is 0 Å². The Balaban J connectivity index is 1.28. The van der Waals surface area contributed by atoms with Gasteiger partial charge in [0.25, 0.3) is 0 Å². The van der Waals surface area contributed by atoms with Crippen molar-refractivity contribution in [2.75, 3.05) is 0 Å². The zero-order valence-corrected chi connectivity index (χ0v) is 24.2. The molecule has 0 saturated heterocycles. The third-order valence-corrected chi connectivity index (χ3v) is 7.68. The number of aryl methyl sites for hydroxylation is 1. The Morgan fingerprint density at radius 3 is 2.15 bits per heavy atom. The molecule has 0 bridgehead atoms. The lowest BCUT2D eigenvalue weighted by Crippen LogP contribution is -2.13. The van der Waals surface area contributed by atoms with Crippen LogP contribution < -0.4 is 4.74 Å². The summed E-state index contributed by atoms with van der Waals surface area (Å²) in [5.74, 6) is 0.303. The molecule has 0 atom stereocenters. The number of hydrogen-bond acceptors (Lipinski definition) is 3. The van der Waals surface area contributed by atoms with E-state index in [9.17, 15) is 30.7 Å². The maximum Gasteiger partial charge on any atom is 0.417 e. The molecule has 0 N–H and O–H groups in total. The molecule has 0 amide bonds. The van der Waals surface area contributed by atoms with Crippen LogP contribution in [0.4, 0.5) is 30.7 Å². The molecule has 47 heavy (non-hydrogen) atoms. The third kappa shape index (κ3) is 5.56. The number of ether oxygens (including phenoxy) is 1. The van der Waals surface area contributed by atoms with E-state index in [0.717, 1.165) is 56.6 Å². The fourth-order valence-corrected chi connectivity index (χ4v) is 5.71. The molecule has 7 rings (SSSR count). The van der Waals surface area contributed by atoms with E-state index in [1.54, 1.807) is 18.3 Å². The molecular weight excluding hydrogens is 625 g/mol. The average molecular weight is 647 g/mol. The smallest absolute Gasteiger partial charge is 0.417 e. The van der Waals surface area contributed by atoms with Crippen molar-refractivity contribution >= 4 is 21.8 Å². The second kappa shape index (κ2) is 11.0. The van der Waals surface area contributed by atoms with Gasteiger partial charge in [0.2, 0.25) is 0 Å². The molecule has 0 aliphatic carbocycles. The highest BCUT2D eigenvalue weighted by atomic mass is 19.4. The van der Waals surface area contributed by atoms with Crippen LogP contribution in [-0.4, -0.2) is 19.3 Å². The number of benzene rings is 4. The van der Waals surface area contributed by atoms with Crippen LogP contribution in [0.15, 0.2) is 110 Å². The number of halogens is 7. The third-order valence-electron chi connectivity index (χ3n) is 7.68. The van der Waals surface area contributed by atoms with Gasteiger partial charge < -0.3 is 4.74 Å². The number of para-hydroxylation sites is 1. The average Bonchev–Trinajstić information content (AvgIpc) is 3.63. The van der Waals surface area contributed by atoms with Crippen LogP contribution in [0.3, 0.4) is 0 Å². The van der Waals surface area contributed by atoms with E-state index in [-0.39, 0.29) is 11.4 Å². The molecule has 3 aromatic heterocycles. The first kappa shape index (κ1) is 30.0. The van der Waals surface area contributed by atoms with E-state index in [0.29, 0.717) is 29.8 Å². The van der Waals surface area contributed by atoms with Crippen molar-refractivity contribution in [1.82, 2.24) is 19.3 Å². The van der Waals surface area contributed by atoms with Crippen molar-refractivity contribution in [2.45, 2.75) is 19.3 Å². The molecule has 7 aromatic rings. The number of rotatable bonds is 5. The lowest BCUT2D eigenvalue weighted by atomic mass is 9.95. The van der Waals surface area contributed by atoms with E-state index in [2.05, 4.69) is 10.1 Å². The minimum absolute atomic E-state index is 0.0171. The zero-order chi connectivity index (χ0) is 33.1. The second-order valence-electron chi connectivity index (χ2n) is 10.9. The monoisotopic (exact) mass is 646 g/mol. The topological polar surface area (TPSA) is 44.9 Å². The van der Waals surface area contributed by atoms with E-state index >= 15 is 0 Å². The minimum atomic E-state index is -5.07. The normalized spacial score (nSPS) is 12.3. The maximum absolute atomic E-state index is 14.9. The molecule has 0 unspecified atom stereocenters. The van der Waals surface area contributed by atoms with Crippen molar-refractivity contribution in [2.24, 2.45) is 0 Å². The quantitative estimate of drug-likeness (QED) is 0.175. The highest BCUT2D eigenvalue weighted by molar-refractivity contribution is 6.09. The Hall–Kier alpha value is -5.65. The summed E-state index contributed by atoms with van der Waals surface area (Å²) >= 11 is 0. The van der Waals surface area contributed by atoms with Gasteiger partial charge in [-0.1, -0.05) is 24.3 Å². The summed E-state index contributed by atoms with van der Waals surface area (Å²) in [6.45, 7) is 1.96. The molecule has 4 aromatic carbocycles. The van der Waals surface area contributed by atoms with Crippen LogP contribution >= 0.6 is 0 Å². The van der Waals surface area contributed by atoms with Gasteiger partial charge in [0.15, 0.2) is 0 Å². The summed E-state index contributed by atoms with van der Waals surface area (Å²) in [4.78, 5) is 4.55. The molecule has 0 fully saturated rings. The van der Waals surface area contributed by atoms with E-state index in [4.69, 9.17) is 4.74 Å². The van der Waals surface area contributed by atoms with Crippen LogP contribution in [0.5, 0.6) is 11.5 Å². The molecule has 0 aliphatic heterocycles. The fraction of sp³-hybridized carbons (Fsp3) is 0.0857. The minimum Gasteiger partial charge on any atom is -0.457 e.